The molecule has 0 atom stereocenters. The van der Waals surface area contributed by atoms with Crippen molar-refractivity contribution in [2.24, 2.45) is 0 Å². The SMILES string of the molecule is CCCCc1c2c(OC)c(OC)cc(Br)c2cc2[n+]1CCc1cc3c(cc1-2)OCO3.[Br-]. The summed E-state index contributed by atoms with van der Waals surface area (Å²) in [4.78, 5) is 0. The lowest BCUT2D eigenvalue weighted by atomic mass is 9.93. The van der Waals surface area contributed by atoms with E-state index >= 15 is 0 Å². The third-order valence-corrected chi connectivity index (χ3v) is 6.75. The minimum absolute atomic E-state index is 0. The molecule has 5 rings (SSSR count). The van der Waals surface area contributed by atoms with Crippen LogP contribution < -0.4 is 40.5 Å². The van der Waals surface area contributed by atoms with Gasteiger partial charge in [0.25, 0.3) is 0 Å². The molecule has 0 N–H and O–H groups in total. The van der Waals surface area contributed by atoms with Gasteiger partial charge in [-0.3, -0.25) is 0 Å². The summed E-state index contributed by atoms with van der Waals surface area (Å²) in [5.41, 5.74) is 5.02. The molecule has 2 aromatic carbocycles. The molecule has 164 valence electrons. The zero-order valence-corrected chi connectivity index (χ0v) is 21.1. The second-order valence-corrected chi connectivity index (χ2v) is 8.58. The molecule has 2 aliphatic rings. The normalized spacial score (nSPS) is 13.4. The minimum Gasteiger partial charge on any atom is -1.00 e. The van der Waals surface area contributed by atoms with Crippen molar-refractivity contribution in [3.63, 3.8) is 0 Å². The Morgan fingerprint density at radius 2 is 1.84 bits per heavy atom. The van der Waals surface area contributed by atoms with E-state index in [2.05, 4.69) is 45.6 Å². The molecule has 7 heteroatoms. The Morgan fingerprint density at radius 3 is 2.55 bits per heavy atom. The summed E-state index contributed by atoms with van der Waals surface area (Å²) in [6, 6.07) is 8.52. The summed E-state index contributed by atoms with van der Waals surface area (Å²) >= 11 is 3.78. The van der Waals surface area contributed by atoms with Gasteiger partial charge in [0.1, 0.15) is 0 Å². The van der Waals surface area contributed by atoms with E-state index in [1.54, 1.807) is 14.2 Å². The number of hydrogen-bond donors (Lipinski definition) is 0. The van der Waals surface area contributed by atoms with Crippen LogP contribution in [0.25, 0.3) is 22.0 Å². The lowest BCUT2D eigenvalue weighted by Crippen LogP contribution is -3.00. The first-order valence-electron chi connectivity index (χ1n) is 10.4. The molecule has 3 aromatic rings. The smallest absolute Gasteiger partial charge is 0.231 e. The van der Waals surface area contributed by atoms with Crippen LogP contribution in [-0.2, 0) is 19.4 Å². The molecular formula is C24H25Br2NO4. The third-order valence-electron chi connectivity index (χ3n) is 6.09. The van der Waals surface area contributed by atoms with E-state index in [4.69, 9.17) is 18.9 Å². The average molecular weight is 551 g/mol. The van der Waals surface area contributed by atoms with Crippen molar-refractivity contribution < 1.29 is 40.5 Å². The largest absolute Gasteiger partial charge is 1.00 e. The Labute approximate surface area is 201 Å². The standard InChI is InChI=1S/C24H25BrNO4.BrH/c1-4-5-6-18-23-16(17(25)12-22(27-2)24(23)28-3)10-19-15-11-21-20(29-13-30-21)9-14(15)7-8-26(18)19;/h9-12H,4-8,13H2,1-3H3;1H/q+1;/p-1. The van der Waals surface area contributed by atoms with Crippen molar-refractivity contribution in [2.75, 3.05) is 21.0 Å². The van der Waals surface area contributed by atoms with E-state index in [1.165, 1.54) is 22.5 Å². The van der Waals surface area contributed by atoms with E-state index in [-0.39, 0.29) is 17.0 Å². The highest BCUT2D eigenvalue weighted by Gasteiger charge is 2.33. The van der Waals surface area contributed by atoms with Gasteiger partial charge in [-0.15, -0.1) is 0 Å². The van der Waals surface area contributed by atoms with Crippen LogP contribution in [0.15, 0.2) is 28.7 Å². The lowest BCUT2D eigenvalue weighted by Gasteiger charge is -2.21. The van der Waals surface area contributed by atoms with Gasteiger partial charge in [0.2, 0.25) is 12.5 Å². The number of hydrogen-bond acceptors (Lipinski definition) is 4. The first kappa shape index (κ1) is 22.2. The maximum Gasteiger partial charge on any atom is 0.231 e. The molecule has 0 saturated heterocycles. The molecule has 0 saturated carbocycles. The average Bonchev–Trinajstić information content (AvgIpc) is 3.22. The molecule has 1 aromatic heterocycles. The number of halogens is 2. The zero-order chi connectivity index (χ0) is 20.8. The van der Waals surface area contributed by atoms with Crippen LogP contribution in [0, 0.1) is 0 Å². The highest BCUT2D eigenvalue weighted by Crippen LogP contribution is 2.45. The van der Waals surface area contributed by atoms with Gasteiger partial charge >= 0.3 is 0 Å². The molecule has 31 heavy (non-hydrogen) atoms. The van der Waals surface area contributed by atoms with Crippen molar-refractivity contribution in [3.8, 4) is 34.3 Å². The van der Waals surface area contributed by atoms with Gasteiger partial charge in [0.05, 0.1) is 25.2 Å². The molecule has 0 bridgehead atoms. The van der Waals surface area contributed by atoms with Crippen molar-refractivity contribution in [2.45, 2.75) is 39.2 Å². The summed E-state index contributed by atoms with van der Waals surface area (Å²) in [5, 5.41) is 2.26. The monoisotopic (exact) mass is 549 g/mol. The van der Waals surface area contributed by atoms with Crippen LogP contribution >= 0.6 is 15.9 Å². The van der Waals surface area contributed by atoms with Crippen LogP contribution in [0.5, 0.6) is 23.0 Å². The van der Waals surface area contributed by atoms with E-state index in [0.717, 1.165) is 70.5 Å². The molecule has 0 fully saturated rings. The number of nitrogens with zero attached hydrogens (tertiary/aromatic N) is 1. The molecule has 0 spiro atoms. The van der Waals surface area contributed by atoms with Gasteiger partial charge in [0.15, 0.2) is 35.2 Å². The molecule has 3 heterocycles. The lowest BCUT2D eigenvalue weighted by molar-refractivity contribution is -0.693. The summed E-state index contributed by atoms with van der Waals surface area (Å²) in [5.74, 6) is 3.22. The van der Waals surface area contributed by atoms with Crippen LogP contribution in [0.2, 0.25) is 0 Å². The van der Waals surface area contributed by atoms with Crippen molar-refractivity contribution in [1.82, 2.24) is 0 Å². The number of unbranched alkanes of at least 4 members (excludes halogenated alkanes) is 1. The number of ether oxygens (including phenoxy) is 4. The van der Waals surface area contributed by atoms with Gasteiger partial charge in [0, 0.05) is 28.8 Å². The number of aryl methyl sites for hydroxylation is 2. The van der Waals surface area contributed by atoms with E-state index < -0.39 is 0 Å². The number of methoxy groups -OCH3 is 2. The summed E-state index contributed by atoms with van der Waals surface area (Å²) < 4.78 is 26.2. The van der Waals surface area contributed by atoms with E-state index in [1.807, 2.05) is 6.07 Å². The number of rotatable bonds is 5. The maximum atomic E-state index is 5.85. The molecule has 0 amide bonds. The Balaban J connectivity index is 0.00000231. The molecule has 2 aliphatic heterocycles. The first-order chi connectivity index (χ1) is 14.7. The Kier molecular flexibility index (Phi) is 6.35. The zero-order valence-electron chi connectivity index (χ0n) is 17.9. The van der Waals surface area contributed by atoms with E-state index in [9.17, 15) is 0 Å². The van der Waals surface area contributed by atoms with Gasteiger partial charge in [-0.2, -0.15) is 4.57 Å². The molecule has 0 radical (unpaired) electrons. The number of benzene rings is 2. The second kappa shape index (κ2) is 8.87. The third kappa shape index (κ3) is 3.55. The van der Waals surface area contributed by atoms with Crippen molar-refractivity contribution in [3.05, 3.63) is 40.0 Å². The topological polar surface area (TPSA) is 40.8 Å². The second-order valence-electron chi connectivity index (χ2n) is 7.73. The fraction of sp³-hybridized carbons (Fsp3) is 0.375. The molecule has 5 nitrogen and oxygen atoms in total. The fourth-order valence-corrected chi connectivity index (χ4v) is 5.17. The number of fused-ring (bicyclic) bond motifs is 5. The summed E-state index contributed by atoms with van der Waals surface area (Å²) in [6.45, 7) is 3.45. The Morgan fingerprint density at radius 1 is 1.06 bits per heavy atom. The fourth-order valence-electron chi connectivity index (χ4n) is 4.64. The molecule has 0 unspecified atom stereocenters. The maximum absolute atomic E-state index is 5.85. The predicted molar refractivity (Wildman–Crippen MR) is 119 cm³/mol. The Bertz CT molecular complexity index is 1160. The number of pyridine rings is 1. The highest BCUT2D eigenvalue weighted by atomic mass is 79.9. The summed E-state index contributed by atoms with van der Waals surface area (Å²) in [6.07, 6.45) is 4.19. The van der Waals surface area contributed by atoms with Gasteiger partial charge in [-0.1, -0.05) is 29.3 Å². The minimum atomic E-state index is 0. The molecular weight excluding hydrogens is 526 g/mol. The van der Waals surface area contributed by atoms with Gasteiger partial charge < -0.3 is 35.9 Å². The molecule has 0 aliphatic carbocycles. The predicted octanol–water partition coefficient (Wildman–Crippen LogP) is 2.21. The van der Waals surface area contributed by atoms with Crippen LogP contribution in [0.1, 0.15) is 31.0 Å². The summed E-state index contributed by atoms with van der Waals surface area (Å²) in [7, 11) is 3.40. The first-order valence-corrected chi connectivity index (χ1v) is 11.2. The van der Waals surface area contributed by atoms with Gasteiger partial charge in [-0.05, 0) is 30.2 Å². The van der Waals surface area contributed by atoms with Crippen LogP contribution in [0.4, 0.5) is 0 Å². The quantitative estimate of drug-likeness (QED) is 0.457. The van der Waals surface area contributed by atoms with Crippen molar-refractivity contribution >= 4 is 26.7 Å². The van der Waals surface area contributed by atoms with E-state index in [0.29, 0.717) is 6.79 Å². The van der Waals surface area contributed by atoms with Gasteiger partial charge in [-0.25, -0.2) is 0 Å². The van der Waals surface area contributed by atoms with Crippen molar-refractivity contribution in [1.29, 1.82) is 0 Å². The highest BCUT2D eigenvalue weighted by molar-refractivity contribution is 9.10. The Hall–Kier alpha value is -1.99. The van der Waals surface area contributed by atoms with Crippen LogP contribution in [-0.4, -0.2) is 21.0 Å². The van der Waals surface area contributed by atoms with Crippen LogP contribution in [0.3, 0.4) is 0 Å². The number of aromatic nitrogens is 1.